The molecule has 5 nitrogen and oxygen atoms in total. The lowest BCUT2D eigenvalue weighted by atomic mass is 10.0. The van der Waals surface area contributed by atoms with Crippen LogP contribution < -0.4 is 0 Å². The quantitative estimate of drug-likeness (QED) is 0.811. The van der Waals surface area contributed by atoms with Crippen molar-refractivity contribution in [2.45, 2.75) is 37.8 Å². The molecule has 0 unspecified atom stereocenters. The number of fused-ring (bicyclic) bond motifs is 2. The second-order valence-electron chi connectivity index (χ2n) is 6.85. The zero-order valence-electron chi connectivity index (χ0n) is 13.5. The Morgan fingerprint density at radius 3 is 2.96 bits per heavy atom. The third-order valence-electron chi connectivity index (χ3n) is 5.42. The van der Waals surface area contributed by atoms with Crippen LogP contribution in [0.1, 0.15) is 23.1 Å². The largest absolute Gasteiger partial charge is 0.364 e. The molecule has 2 heterocycles. The number of likely N-dealkylation sites (tertiary alicyclic amines) is 1. The van der Waals surface area contributed by atoms with E-state index in [4.69, 9.17) is 4.74 Å². The van der Waals surface area contributed by atoms with Gasteiger partial charge in [0.1, 0.15) is 6.61 Å². The fourth-order valence-electron chi connectivity index (χ4n) is 3.98. The predicted molar refractivity (Wildman–Crippen MR) is 85.0 cm³/mol. The number of hydrogen-bond acceptors (Lipinski definition) is 3. The van der Waals surface area contributed by atoms with Gasteiger partial charge in [0.15, 0.2) is 0 Å². The molecule has 1 aromatic rings. The molecule has 2 aliphatic heterocycles. The number of carbonyl (C=O) groups excluding carboxylic acids is 2. The van der Waals surface area contributed by atoms with E-state index < -0.39 is 0 Å². The average Bonchev–Trinajstić information content (AvgIpc) is 3.17. The van der Waals surface area contributed by atoms with Crippen LogP contribution in [0.25, 0.3) is 0 Å². The third-order valence-corrected chi connectivity index (χ3v) is 5.42. The smallest absolute Gasteiger partial charge is 0.248 e. The molecule has 0 aromatic heterocycles. The van der Waals surface area contributed by atoms with Crippen molar-refractivity contribution in [2.75, 3.05) is 26.7 Å². The maximum absolute atomic E-state index is 12.6. The standard InChI is InChI=1S/C18H22N2O3/c1-19-15-9-20(10-16(15)23-11-18(19)22)17(21)8-12-5-6-13-3-2-4-14(13)7-12/h5-7,15-16H,2-4,8-11H2,1H3/t15-,16-/m0/s1. The Kier molecular flexibility index (Phi) is 3.60. The Morgan fingerprint density at radius 2 is 2.09 bits per heavy atom. The van der Waals surface area contributed by atoms with Gasteiger partial charge in [-0.05, 0) is 36.0 Å². The van der Waals surface area contributed by atoms with Gasteiger partial charge in [-0.1, -0.05) is 18.2 Å². The maximum atomic E-state index is 12.6. The van der Waals surface area contributed by atoms with Crippen LogP contribution >= 0.6 is 0 Å². The Balaban J connectivity index is 1.43. The molecule has 2 atom stereocenters. The van der Waals surface area contributed by atoms with Crippen molar-refractivity contribution in [1.29, 1.82) is 0 Å². The molecule has 5 heteroatoms. The van der Waals surface area contributed by atoms with Gasteiger partial charge in [-0.2, -0.15) is 0 Å². The number of ether oxygens (including phenoxy) is 1. The van der Waals surface area contributed by atoms with E-state index in [0.717, 1.165) is 18.4 Å². The molecule has 0 radical (unpaired) electrons. The number of amides is 2. The van der Waals surface area contributed by atoms with Gasteiger partial charge < -0.3 is 14.5 Å². The first-order valence-corrected chi connectivity index (χ1v) is 8.37. The highest BCUT2D eigenvalue weighted by Crippen LogP contribution is 2.25. The summed E-state index contributed by atoms with van der Waals surface area (Å²) in [5.74, 6) is 0.126. The van der Waals surface area contributed by atoms with Crippen LogP contribution in [0.4, 0.5) is 0 Å². The molecule has 0 N–H and O–H groups in total. The molecule has 4 rings (SSSR count). The Morgan fingerprint density at radius 1 is 1.26 bits per heavy atom. The molecule has 2 saturated heterocycles. The van der Waals surface area contributed by atoms with Gasteiger partial charge in [-0.25, -0.2) is 0 Å². The summed E-state index contributed by atoms with van der Waals surface area (Å²) in [5.41, 5.74) is 3.93. The summed E-state index contributed by atoms with van der Waals surface area (Å²) in [7, 11) is 1.80. The zero-order chi connectivity index (χ0) is 16.0. The van der Waals surface area contributed by atoms with Crippen LogP contribution in [-0.2, 0) is 33.6 Å². The summed E-state index contributed by atoms with van der Waals surface area (Å²) in [6.07, 6.45) is 3.91. The molecular weight excluding hydrogens is 292 g/mol. The van der Waals surface area contributed by atoms with E-state index in [1.54, 1.807) is 11.9 Å². The number of likely N-dealkylation sites (N-methyl/N-ethyl adjacent to an activating group) is 1. The van der Waals surface area contributed by atoms with Gasteiger partial charge >= 0.3 is 0 Å². The van der Waals surface area contributed by atoms with Crippen LogP contribution in [0.3, 0.4) is 0 Å². The van der Waals surface area contributed by atoms with Crippen LogP contribution in [0.2, 0.25) is 0 Å². The molecule has 0 bridgehead atoms. The highest BCUT2D eigenvalue weighted by molar-refractivity contribution is 5.81. The molecule has 0 spiro atoms. The highest BCUT2D eigenvalue weighted by atomic mass is 16.5. The zero-order valence-corrected chi connectivity index (χ0v) is 13.5. The SMILES string of the molecule is CN1C(=O)CO[C@H]2CN(C(=O)Cc3ccc4c(c3)CCC4)C[C@@H]21. The summed E-state index contributed by atoms with van der Waals surface area (Å²) < 4.78 is 5.59. The Hall–Kier alpha value is -1.88. The number of benzene rings is 1. The second-order valence-corrected chi connectivity index (χ2v) is 6.85. The third kappa shape index (κ3) is 2.63. The highest BCUT2D eigenvalue weighted by Gasteiger charge is 2.42. The van der Waals surface area contributed by atoms with Crippen LogP contribution in [0.5, 0.6) is 0 Å². The van der Waals surface area contributed by atoms with Gasteiger partial charge in [-0.3, -0.25) is 9.59 Å². The predicted octanol–water partition coefficient (Wildman–Crippen LogP) is 0.786. The molecule has 122 valence electrons. The summed E-state index contributed by atoms with van der Waals surface area (Å²) in [4.78, 5) is 27.9. The molecule has 3 aliphatic rings. The molecule has 23 heavy (non-hydrogen) atoms. The number of aryl methyl sites for hydroxylation is 2. The van der Waals surface area contributed by atoms with E-state index in [-0.39, 0.29) is 30.6 Å². The van der Waals surface area contributed by atoms with Crippen LogP contribution in [0.15, 0.2) is 18.2 Å². The van der Waals surface area contributed by atoms with Crippen LogP contribution in [0, 0.1) is 0 Å². The fraction of sp³-hybridized carbons (Fsp3) is 0.556. The normalized spacial score (nSPS) is 26.4. The summed E-state index contributed by atoms with van der Waals surface area (Å²) >= 11 is 0. The second kappa shape index (κ2) is 5.64. The van der Waals surface area contributed by atoms with E-state index in [9.17, 15) is 9.59 Å². The lowest BCUT2D eigenvalue weighted by Crippen LogP contribution is -2.51. The topological polar surface area (TPSA) is 49.9 Å². The first kappa shape index (κ1) is 14.7. The summed E-state index contributed by atoms with van der Waals surface area (Å²) in [6.45, 7) is 1.30. The Labute approximate surface area is 136 Å². The van der Waals surface area contributed by atoms with Gasteiger partial charge in [-0.15, -0.1) is 0 Å². The van der Waals surface area contributed by atoms with Crippen molar-refractivity contribution >= 4 is 11.8 Å². The van der Waals surface area contributed by atoms with E-state index in [1.165, 1.54) is 17.5 Å². The Bertz CT molecular complexity index is 658. The number of morpholine rings is 1. The average molecular weight is 314 g/mol. The van der Waals surface area contributed by atoms with E-state index >= 15 is 0 Å². The van der Waals surface area contributed by atoms with Gasteiger partial charge in [0.05, 0.1) is 18.6 Å². The first-order chi connectivity index (χ1) is 11.1. The molecular formula is C18H22N2O3. The lowest BCUT2D eigenvalue weighted by Gasteiger charge is -2.33. The number of nitrogens with zero attached hydrogens (tertiary/aromatic N) is 2. The van der Waals surface area contributed by atoms with Crippen molar-refractivity contribution in [3.05, 3.63) is 34.9 Å². The molecule has 2 amide bonds. The maximum Gasteiger partial charge on any atom is 0.248 e. The molecule has 2 fully saturated rings. The minimum absolute atomic E-state index is 0.000204. The first-order valence-electron chi connectivity index (χ1n) is 8.37. The summed E-state index contributed by atoms with van der Waals surface area (Å²) in [6, 6.07) is 6.44. The number of carbonyl (C=O) groups is 2. The molecule has 1 aliphatic carbocycles. The number of rotatable bonds is 2. The van der Waals surface area contributed by atoms with E-state index in [1.807, 2.05) is 4.90 Å². The minimum Gasteiger partial charge on any atom is -0.364 e. The van der Waals surface area contributed by atoms with Gasteiger partial charge in [0, 0.05) is 20.1 Å². The number of hydrogen-bond donors (Lipinski definition) is 0. The molecule has 1 aromatic carbocycles. The van der Waals surface area contributed by atoms with Gasteiger partial charge in [0.25, 0.3) is 0 Å². The lowest BCUT2D eigenvalue weighted by molar-refractivity contribution is -0.150. The van der Waals surface area contributed by atoms with Crippen molar-refractivity contribution in [3.8, 4) is 0 Å². The van der Waals surface area contributed by atoms with Crippen molar-refractivity contribution < 1.29 is 14.3 Å². The molecule has 0 saturated carbocycles. The van der Waals surface area contributed by atoms with Crippen molar-refractivity contribution in [2.24, 2.45) is 0 Å². The van der Waals surface area contributed by atoms with Crippen molar-refractivity contribution in [3.63, 3.8) is 0 Å². The van der Waals surface area contributed by atoms with Crippen molar-refractivity contribution in [1.82, 2.24) is 9.80 Å². The van der Waals surface area contributed by atoms with E-state index in [2.05, 4.69) is 18.2 Å². The van der Waals surface area contributed by atoms with Crippen LogP contribution in [-0.4, -0.2) is 60.5 Å². The fourth-order valence-corrected chi connectivity index (χ4v) is 3.98. The minimum atomic E-state index is -0.0401. The monoisotopic (exact) mass is 314 g/mol. The summed E-state index contributed by atoms with van der Waals surface area (Å²) in [5, 5.41) is 0. The van der Waals surface area contributed by atoms with Gasteiger partial charge in [0.2, 0.25) is 11.8 Å². The van der Waals surface area contributed by atoms with E-state index in [0.29, 0.717) is 19.5 Å².